The normalized spacial score (nSPS) is 12.1. The van der Waals surface area contributed by atoms with E-state index in [2.05, 4.69) is 36.6 Å². The lowest BCUT2D eigenvalue weighted by Gasteiger charge is -2.22. The number of aromatic amines is 1. The number of nitrogens with zero attached hydrogens (tertiary/aromatic N) is 3. The van der Waals surface area contributed by atoms with Crippen molar-refractivity contribution in [3.05, 3.63) is 94.4 Å². The molecule has 0 saturated carbocycles. The Hall–Kier alpha value is -4.90. The second-order valence-corrected chi connectivity index (χ2v) is 11.8. The lowest BCUT2D eigenvalue weighted by Crippen LogP contribution is -2.47. The zero-order valence-corrected chi connectivity index (χ0v) is 24.5. The Kier molecular flexibility index (Phi) is 8.12. The summed E-state index contributed by atoms with van der Waals surface area (Å²) < 4.78 is 1.12. The molecule has 42 heavy (non-hydrogen) atoms. The Labute approximate surface area is 246 Å². The molecule has 2 aromatic heterocycles. The third-order valence-electron chi connectivity index (χ3n) is 6.92. The van der Waals surface area contributed by atoms with Gasteiger partial charge in [0.25, 0.3) is 11.8 Å². The van der Waals surface area contributed by atoms with Gasteiger partial charge in [0.05, 0.1) is 0 Å². The highest BCUT2D eigenvalue weighted by Gasteiger charge is 2.25. The second-order valence-electron chi connectivity index (χ2n) is 10.9. The first kappa shape index (κ1) is 28.6. The molecule has 0 aliphatic rings. The van der Waals surface area contributed by atoms with E-state index in [4.69, 9.17) is 0 Å². The maximum atomic E-state index is 13.6. The third kappa shape index (κ3) is 6.36. The van der Waals surface area contributed by atoms with Crippen molar-refractivity contribution in [1.82, 2.24) is 31.3 Å². The van der Waals surface area contributed by atoms with Gasteiger partial charge in [-0.2, -0.15) is 5.21 Å². The van der Waals surface area contributed by atoms with Crippen LogP contribution in [0.2, 0.25) is 0 Å². The fourth-order valence-corrected chi connectivity index (χ4v) is 5.52. The summed E-state index contributed by atoms with van der Waals surface area (Å²) >= 11 is 1.60. The quantitative estimate of drug-likeness (QED) is 0.209. The molecule has 0 spiro atoms. The van der Waals surface area contributed by atoms with Crippen molar-refractivity contribution >= 4 is 44.8 Å². The number of benzene rings is 3. The zero-order chi connectivity index (χ0) is 29.9. The molecule has 10 nitrogen and oxygen atoms in total. The number of likely N-dealkylation sites (N-methyl/N-ethyl adjacent to an activating group) is 1. The highest BCUT2D eigenvalue weighted by Crippen LogP contribution is 2.28. The van der Waals surface area contributed by atoms with Crippen LogP contribution >= 0.6 is 11.3 Å². The Morgan fingerprint density at radius 1 is 0.952 bits per heavy atom. The van der Waals surface area contributed by atoms with Crippen molar-refractivity contribution in [2.45, 2.75) is 38.6 Å². The molecule has 5 rings (SSSR count). The average molecular weight is 582 g/mol. The molecule has 3 amide bonds. The van der Waals surface area contributed by atoms with Gasteiger partial charge in [-0.15, -0.1) is 21.5 Å². The number of nitrogens with one attached hydrogen (secondary N) is 4. The number of fused-ring (bicyclic) bond motifs is 1. The molecule has 5 aromatic rings. The number of carbonyl (C=O) groups excluding carboxylic acids is 3. The molecule has 0 aliphatic carbocycles. The molecule has 0 saturated heterocycles. The highest BCUT2D eigenvalue weighted by atomic mass is 32.1. The van der Waals surface area contributed by atoms with Crippen molar-refractivity contribution in [2.24, 2.45) is 0 Å². The van der Waals surface area contributed by atoms with E-state index >= 15 is 0 Å². The van der Waals surface area contributed by atoms with E-state index < -0.39 is 11.9 Å². The predicted molar refractivity (Wildman–Crippen MR) is 164 cm³/mol. The number of thiophene rings is 1. The van der Waals surface area contributed by atoms with Gasteiger partial charge in [0, 0.05) is 40.5 Å². The minimum atomic E-state index is -0.797. The summed E-state index contributed by atoms with van der Waals surface area (Å²) in [4.78, 5) is 39.8. The number of anilines is 1. The van der Waals surface area contributed by atoms with E-state index in [-0.39, 0.29) is 17.2 Å². The van der Waals surface area contributed by atoms with E-state index in [1.54, 1.807) is 60.8 Å². The standard InChI is InChI=1S/C31H31N7O3S/c1-31(2,3)22-14-19(28(39)33-23-11-9-18(10-12-23)27-35-37-38-36-27)13-20(15-22)29(40)34-25(30(41)32-4)16-21-17-42-26-8-6-5-7-24(21)26/h5-15,17,25H,16H2,1-4H3,(H,32,41)(H,33,39)(H,34,40)(H,35,36,37,38). The number of aromatic nitrogens is 4. The lowest BCUT2D eigenvalue weighted by molar-refractivity contribution is -0.122. The molecule has 4 N–H and O–H groups in total. The molecule has 2 heterocycles. The first-order valence-electron chi connectivity index (χ1n) is 13.4. The Balaban J connectivity index is 1.39. The first-order chi connectivity index (χ1) is 20.1. The van der Waals surface area contributed by atoms with Gasteiger partial charge in [0.2, 0.25) is 11.7 Å². The fourth-order valence-electron chi connectivity index (χ4n) is 4.55. The molecule has 0 bridgehead atoms. The van der Waals surface area contributed by atoms with Gasteiger partial charge >= 0.3 is 0 Å². The molecule has 0 radical (unpaired) electrons. The summed E-state index contributed by atoms with van der Waals surface area (Å²) in [5.74, 6) is -0.653. The van der Waals surface area contributed by atoms with Gasteiger partial charge in [-0.3, -0.25) is 14.4 Å². The van der Waals surface area contributed by atoms with Crippen LogP contribution in [0.3, 0.4) is 0 Å². The van der Waals surface area contributed by atoms with E-state index in [9.17, 15) is 14.4 Å². The summed E-state index contributed by atoms with van der Waals surface area (Å²) in [6.45, 7) is 6.03. The first-order valence-corrected chi connectivity index (χ1v) is 14.3. The van der Waals surface area contributed by atoms with Crippen LogP contribution in [-0.2, 0) is 16.6 Å². The van der Waals surface area contributed by atoms with Crippen LogP contribution < -0.4 is 16.0 Å². The number of hydrogen-bond donors (Lipinski definition) is 4. The maximum absolute atomic E-state index is 13.6. The van der Waals surface area contributed by atoms with Crippen molar-refractivity contribution in [1.29, 1.82) is 0 Å². The molecule has 1 atom stereocenters. The van der Waals surface area contributed by atoms with Gasteiger partial charge in [0.1, 0.15) is 6.04 Å². The summed E-state index contributed by atoms with van der Waals surface area (Å²) in [5.41, 5.74) is 3.40. The van der Waals surface area contributed by atoms with Crippen molar-refractivity contribution < 1.29 is 14.4 Å². The lowest BCUT2D eigenvalue weighted by atomic mass is 9.84. The number of carbonyl (C=O) groups is 3. The molecule has 11 heteroatoms. The van der Waals surface area contributed by atoms with Gasteiger partial charge in [-0.05, 0) is 81.1 Å². The van der Waals surface area contributed by atoms with E-state index in [1.165, 1.54) is 0 Å². The molecular formula is C31H31N7O3S. The van der Waals surface area contributed by atoms with Crippen molar-refractivity contribution in [3.63, 3.8) is 0 Å². The van der Waals surface area contributed by atoms with Crippen molar-refractivity contribution in [3.8, 4) is 11.4 Å². The summed E-state index contributed by atoms with van der Waals surface area (Å²) in [6.07, 6.45) is 0.335. The SMILES string of the molecule is CNC(=O)C(Cc1csc2ccccc12)NC(=O)c1cc(C(=O)Nc2ccc(-c3nn[nH]n3)cc2)cc(C(C)(C)C)c1. The topological polar surface area (TPSA) is 142 Å². The van der Waals surface area contributed by atoms with Crippen molar-refractivity contribution in [2.75, 3.05) is 12.4 Å². The summed E-state index contributed by atoms with van der Waals surface area (Å²) in [5, 5.41) is 25.4. The fraction of sp³-hybridized carbons (Fsp3) is 0.226. The largest absolute Gasteiger partial charge is 0.357 e. The Morgan fingerprint density at radius 2 is 1.67 bits per heavy atom. The van der Waals surface area contributed by atoms with E-state index in [1.807, 2.05) is 50.4 Å². The number of tetrazole rings is 1. The summed E-state index contributed by atoms with van der Waals surface area (Å²) in [7, 11) is 1.55. The van der Waals surface area contributed by atoms with Crippen LogP contribution in [0, 0.1) is 0 Å². The van der Waals surface area contributed by atoms with Crippen LogP contribution in [0.4, 0.5) is 5.69 Å². The molecule has 214 valence electrons. The third-order valence-corrected chi connectivity index (χ3v) is 7.94. The average Bonchev–Trinajstić information content (AvgIpc) is 3.67. The van der Waals surface area contributed by atoms with Gasteiger partial charge in [-0.1, -0.05) is 39.0 Å². The van der Waals surface area contributed by atoms with Crippen LogP contribution in [0.1, 0.15) is 52.6 Å². The van der Waals surface area contributed by atoms with Crippen LogP contribution in [0.15, 0.2) is 72.1 Å². The van der Waals surface area contributed by atoms with Crippen LogP contribution in [0.5, 0.6) is 0 Å². The minimum absolute atomic E-state index is 0.295. The van der Waals surface area contributed by atoms with Gasteiger partial charge in [-0.25, -0.2) is 0 Å². The number of amides is 3. The predicted octanol–water partition coefficient (Wildman–Crippen LogP) is 4.72. The van der Waals surface area contributed by atoms with E-state index in [0.29, 0.717) is 29.1 Å². The summed E-state index contributed by atoms with van der Waals surface area (Å²) in [6, 6.07) is 19.3. The Bertz CT molecular complexity index is 1740. The smallest absolute Gasteiger partial charge is 0.255 e. The molecule has 0 aliphatic heterocycles. The molecule has 1 unspecified atom stereocenters. The number of hydrogen-bond acceptors (Lipinski definition) is 7. The highest BCUT2D eigenvalue weighted by molar-refractivity contribution is 7.17. The van der Waals surface area contributed by atoms with E-state index in [0.717, 1.165) is 26.8 Å². The zero-order valence-electron chi connectivity index (χ0n) is 23.7. The molecule has 0 fully saturated rings. The van der Waals surface area contributed by atoms with Crippen LogP contribution in [0.25, 0.3) is 21.5 Å². The van der Waals surface area contributed by atoms with Gasteiger partial charge in [0.15, 0.2) is 0 Å². The monoisotopic (exact) mass is 581 g/mol. The second kappa shape index (κ2) is 11.9. The minimum Gasteiger partial charge on any atom is -0.357 e. The number of H-pyrrole nitrogens is 1. The Morgan fingerprint density at radius 3 is 2.33 bits per heavy atom. The number of rotatable bonds is 8. The maximum Gasteiger partial charge on any atom is 0.255 e. The molecule has 3 aromatic carbocycles. The van der Waals surface area contributed by atoms with Gasteiger partial charge < -0.3 is 16.0 Å². The molecular weight excluding hydrogens is 550 g/mol. The van der Waals surface area contributed by atoms with Crippen LogP contribution in [-0.4, -0.2) is 51.4 Å².